The van der Waals surface area contributed by atoms with E-state index in [4.69, 9.17) is 0 Å². The van der Waals surface area contributed by atoms with Gasteiger partial charge in [0.05, 0.1) is 18.0 Å². The van der Waals surface area contributed by atoms with Crippen LogP contribution in [0.25, 0.3) is 5.69 Å². The Labute approximate surface area is 108 Å². The van der Waals surface area contributed by atoms with Crippen molar-refractivity contribution < 1.29 is 5.11 Å². The first kappa shape index (κ1) is 12.3. The number of hydrogen-bond donors (Lipinski definition) is 1. The molecule has 2 rings (SSSR count). The average Bonchev–Trinajstić information content (AvgIpc) is 2.65. The lowest BCUT2D eigenvalue weighted by Gasteiger charge is -2.09. The maximum Gasteiger partial charge on any atom is 0.111 e. The van der Waals surface area contributed by atoms with Crippen molar-refractivity contribution in [3.63, 3.8) is 0 Å². The van der Waals surface area contributed by atoms with Gasteiger partial charge in [-0.3, -0.25) is 0 Å². The van der Waals surface area contributed by atoms with E-state index < -0.39 is 6.10 Å². The Morgan fingerprint density at radius 2 is 2.06 bits per heavy atom. The Bertz CT molecular complexity index is 525. The van der Waals surface area contributed by atoms with E-state index in [1.807, 2.05) is 19.9 Å². The molecule has 0 aliphatic heterocycles. The summed E-state index contributed by atoms with van der Waals surface area (Å²) >= 11 is 3.53. The fraction of sp³-hybridized carbons (Fsp3) is 0.333. The second-order valence-corrected chi connectivity index (χ2v) is 5.03. The summed E-state index contributed by atoms with van der Waals surface area (Å²) in [5.41, 5.74) is 3.82. The molecular formula is C12H14BrN3O. The molecule has 1 heterocycles. The number of hydrogen-bond acceptors (Lipinski definition) is 3. The van der Waals surface area contributed by atoms with Crippen LogP contribution in [-0.2, 0) is 0 Å². The molecule has 0 fully saturated rings. The molecule has 0 saturated carbocycles. The maximum absolute atomic E-state index is 9.44. The second kappa shape index (κ2) is 4.58. The molecule has 0 aliphatic carbocycles. The molecular weight excluding hydrogens is 282 g/mol. The highest BCUT2D eigenvalue weighted by Crippen LogP contribution is 2.26. The molecule has 90 valence electrons. The fourth-order valence-corrected chi connectivity index (χ4v) is 2.63. The zero-order valence-corrected chi connectivity index (χ0v) is 11.6. The first-order chi connectivity index (χ1) is 7.99. The minimum atomic E-state index is -0.603. The zero-order valence-electron chi connectivity index (χ0n) is 9.98. The van der Waals surface area contributed by atoms with Gasteiger partial charge in [0.1, 0.15) is 5.69 Å². The van der Waals surface area contributed by atoms with E-state index in [-0.39, 0.29) is 0 Å². The molecule has 0 amide bonds. The van der Waals surface area contributed by atoms with Gasteiger partial charge in [-0.2, -0.15) is 0 Å². The summed E-state index contributed by atoms with van der Waals surface area (Å²) in [5.74, 6) is 0. The molecule has 0 radical (unpaired) electrons. The van der Waals surface area contributed by atoms with Crippen LogP contribution < -0.4 is 0 Å². The Morgan fingerprint density at radius 1 is 1.35 bits per heavy atom. The predicted molar refractivity (Wildman–Crippen MR) is 69.2 cm³/mol. The van der Waals surface area contributed by atoms with Crippen molar-refractivity contribution in [3.8, 4) is 5.69 Å². The van der Waals surface area contributed by atoms with Crippen LogP contribution >= 0.6 is 15.9 Å². The van der Waals surface area contributed by atoms with E-state index in [1.54, 1.807) is 17.8 Å². The smallest absolute Gasteiger partial charge is 0.111 e. The number of halogens is 1. The average molecular weight is 296 g/mol. The quantitative estimate of drug-likeness (QED) is 0.927. The number of benzene rings is 1. The number of aromatic nitrogens is 3. The predicted octanol–water partition coefficient (Wildman–Crippen LogP) is 2.70. The van der Waals surface area contributed by atoms with Gasteiger partial charge in [0.2, 0.25) is 0 Å². The number of rotatable bonds is 2. The van der Waals surface area contributed by atoms with Crippen molar-refractivity contribution in [2.75, 3.05) is 0 Å². The van der Waals surface area contributed by atoms with Crippen molar-refractivity contribution in [3.05, 3.63) is 39.6 Å². The van der Waals surface area contributed by atoms with E-state index in [2.05, 4.69) is 32.3 Å². The molecule has 1 atom stereocenters. The lowest BCUT2D eigenvalue weighted by Crippen LogP contribution is -2.00. The minimum Gasteiger partial charge on any atom is -0.387 e. The van der Waals surface area contributed by atoms with Gasteiger partial charge >= 0.3 is 0 Å². The molecule has 2 aromatic rings. The number of nitrogens with zero attached hydrogens (tertiary/aromatic N) is 3. The van der Waals surface area contributed by atoms with Gasteiger partial charge in [0.25, 0.3) is 0 Å². The first-order valence-corrected chi connectivity index (χ1v) is 6.15. The molecule has 17 heavy (non-hydrogen) atoms. The Morgan fingerprint density at radius 3 is 2.59 bits per heavy atom. The molecule has 0 bridgehead atoms. The molecule has 0 saturated heterocycles. The summed E-state index contributed by atoms with van der Waals surface area (Å²) in [6.45, 7) is 5.74. The summed E-state index contributed by atoms with van der Waals surface area (Å²) in [4.78, 5) is 0. The summed E-state index contributed by atoms with van der Waals surface area (Å²) in [6.07, 6.45) is 1.14. The van der Waals surface area contributed by atoms with E-state index in [1.165, 1.54) is 5.56 Å². The van der Waals surface area contributed by atoms with E-state index >= 15 is 0 Å². The van der Waals surface area contributed by atoms with Crippen molar-refractivity contribution in [2.45, 2.75) is 26.9 Å². The monoisotopic (exact) mass is 295 g/mol. The molecule has 4 nitrogen and oxygen atoms in total. The van der Waals surface area contributed by atoms with Gasteiger partial charge in [-0.25, -0.2) is 4.68 Å². The molecule has 1 unspecified atom stereocenters. The summed E-state index contributed by atoms with van der Waals surface area (Å²) in [5, 5.41) is 17.4. The molecule has 1 N–H and O–H groups in total. The first-order valence-electron chi connectivity index (χ1n) is 5.36. The van der Waals surface area contributed by atoms with Gasteiger partial charge in [0.15, 0.2) is 0 Å². The summed E-state index contributed by atoms with van der Waals surface area (Å²) in [6, 6.07) is 4.12. The zero-order chi connectivity index (χ0) is 12.6. The Balaban J connectivity index is 2.52. The van der Waals surface area contributed by atoms with Gasteiger partial charge in [-0.05, 0) is 53.9 Å². The van der Waals surface area contributed by atoms with Crippen LogP contribution in [0.1, 0.15) is 29.8 Å². The third kappa shape index (κ3) is 2.40. The van der Waals surface area contributed by atoms with Crippen LogP contribution in [0.3, 0.4) is 0 Å². The van der Waals surface area contributed by atoms with Gasteiger partial charge in [-0.15, -0.1) is 5.10 Å². The highest BCUT2D eigenvalue weighted by molar-refractivity contribution is 9.10. The van der Waals surface area contributed by atoms with Gasteiger partial charge < -0.3 is 5.11 Å². The molecule has 0 aliphatic rings. The molecule has 1 aromatic carbocycles. The largest absolute Gasteiger partial charge is 0.387 e. The Kier molecular flexibility index (Phi) is 3.31. The van der Waals surface area contributed by atoms with E-state index in [0.29, 0.717) is 5.69 Å². The van der Waals surface area contributed by atoms with Gasteiger partial charge in [-0.1, -0.05) is 11.3 Å². The summed E-state index contributed by atoms with van der Waals surface area (Å²) < 4.78 is 2.65. The highest BCUT2D eigenvalue weighted by Gasteiger charge is 2.12. The van der Waals surface area contributed by atoms with Crippen molar-refractivity contribution in [1.29, 1.82) is 0 Å². The van der Waals surface area contributed by atoms with Crippen LogP contribution in [0.2, 0.25) is 0 Å². The Hall–Kier alpha value is -1.20. The third-order valence-electron chi connectivity index (χ3n) is 2.57. The van der Waals surface area contributed by atoms with E-state index in [0.717, 1.165) is 15.7 Å². The van der Waals surface area contributed by atoms with Crippen LogP contribution in [0.5, 0.6) is 0 Å². The number of aryl methyl sites for hydroxylation is 2. The van der Waals surface area contributed by atoms with Gasteiger partial charge in [0, 0.05) is 4.47 Å². The van der Waals surface area contributed by atoms with Crippen LogP contribution in [0.4, 0.5) is 0 Å². The van der Waals surface area contributed by atoms with Crippen molar-refractivity contribution in [2.24, 2.45) is 0 Å². The molecule has 1 aromatic heterocycles. The number of aliphatic hydroxyl groups excluding tert-OH is 1. The van der Waals surface area contributed by atoms with Crippen LogP contribution in [-0.4, -0.2) is 20.1 Å². The summed E-state index contributed by atoms with van der Waals surface area (Å²) in [7, 11) is 0. The maximum atomic E-state index is 9.44. The topological polar surface area (TPSA) is 50.9 Å². The normalized spacial score (nSPS) is 12.8. The third-order valence-corrected chi connectivity index (χ3v) is 3.17. The number of aliphatic hydroxyl groups is 1. The minimum absolute atomic E-state index is 0.567. The highest BCUT2D eigenvalue weighted by atomic mass is 79.9. The lowest BCUT2D eigenvalue weighted by molar-refractivity contribution is 0.194. The molecule has 0 spiro atoms. The van der Waals surface area contributed by atoms with Crippen LogP contribution in [0, 0.1) is 13.8 Å². The van der Waals surface area contributed by atoms with Crippen molar-refractivity contribution >= 4 is 15.9 Å². The molecule has 5 heteroatoms. The lowest BCUT2D eigenvalue weighted by atomic mass is 10.1. The van der Waals surface area contributed by atoms with Crippen LogP contribution in [0.15, 0.2) is 22.8 Å². The second-order valence-electron chi connectivity index (χ2n) is 4.18. The van der Waals surface area contributed by atoms with Crippen molar-refractivity contribution in [1.82, 2.24) is 15.0 Å². The SMILES string of the molecule is Cc1cc(C)c(-n2cc(C(C)O)nn2)c(Br)c1. The standard InChI is InChI=1S/C12H14BrN3O/c1-7-4-8(2)12(10(13)5-7)16-6-11(9(3)17)14-15-16/h4-6,9,17H,1-3H3. The van der Waals surface area contributed by atoms with E-state index in [9.17, 15) is 5.11 Å². The fourth-order valence-electron chi connectivity index (χ4n) is 1.78.